The highest BCUT2D eigenvalue weighted by atomic mass is 79.9. The van der Waals surface area contributed by atoms with Gasteiger partial charge < -0.3 is 19.9 Å². The number of benzene rings is 3. The molecule has 1 saturated heterocycles. The highest BCUT2D eigenvalue weighted by molar-refractivity contribution is 9.10. The zero-order valence-electron chi connectivity index (χ0n) is 17.7. The van der Waals surface area contributed by atoms with Crippen LogP contribution >= 0.6 is 28.3 Å². The van der Waals surface area contributed by atoms with Crippen LogP contribution in [0.3, 0.4) is 0 Å². The number of nitrogens with one attached hydrogen (secondary N) is 1. The summed E-state index contributed by atoms with van der Waals surface area (Å²) in [5.41, 5.74) is 7.68. The average Bonchev–Trinajstić information content (AvgIpc) is 3.48. The third kappa shape index (κ3) is 4.96. The molecule has 0 bridgehead atoms. The molecule has 1 aromatic heterocycles. The van der Waals surface area contributed by atoms with E-state index < -0.39 is 0 Å². The zero-order valence-corrected chi connectivity index (χ0v) is 20.1. The van der Waals surface area contributed by atoms with Crippen molar-refractivity contribution < 1.29 is 9.26 Å². The fraction of sp³-hybridized carbons (Fsp3) is 0.208. The van der Waals surface area contributed by atoms with Crippen LogP contribution in [0.15, 0.2) is 69.7 Å². The van der Waals surface area contributed by atoms with Crippen LogP contribution in [0.25, 0.3) is 22.2 Å². The Hall–Kier alpha value is -3.10. The van der Waals surface area contributed by atoms with Crippen LogP contribution in [0.4, 0.5) is 0 Å². The number of nitrogens with two attached hydrogens (primary N) is 1. The number of rotatable bonds is 5. The Morgan fingerprint density at radius 1 is 1.12 bits per heavy atom. The Morgan fingerprint density at radius 3 is 2.67 bits per heavy atom. The molecule has 0 saturated carbocycles. The Kier molecular flexibility index (Phi) is 6.85. The van der Waals surface area contributed by atoms with E-state index in [4.69, 9.17) is 20.4 Å². The minimum atomic E-state index is -0.125. The standard InChI is InChI=1S/C24H22BrN5O2.ClH/c25-19-8-3-15(4-9-19)14-31-20-10-7-16-12-18(6-5-17(16)13-20)22-28-23(32-29-22)21-2-1-11-30(21)24(26)27;/h3-10,12-13,21H,1-2,11,14H2,(H3,26,27);1H/t21-;/m0./s1. The van der Waals surface area contributed by atoms with E-state index in [-0.39, 0.29) is 24.4 Å². The predicted octanol–water partition coefficient (Wildman–Crippen LogP) is 5.68. The first-order valence-corrected chi connectivity index (χ1v) is 11.2. The zero-order chi connectivity index (χ0) is 22.1. The fourth-order valence-electron chi connectivity index (χ4n) is 4.00. The first-order chi connectivity index (χ1) is 15.6. The van der Waals surface area contributed by atoms with Gasteiger partial charge in [0, 0.05) is 16.6 Å². The number of hydrogen-bond donors (Lipinski definition) is 2. The van der Waals surface area contributed by atoms with Crippen molar-refractivity contribution in [2.45, 2.75) is 25.5 Å². The average molecular weight is 529 g/mol. The van der Waals surface area contributed by atoms with Crippen LogP contribution in [-0.4, -0.2) is 27.5 Å². The lowest BCUT2D eigenvalue weighted by Crippen LogP contribution is -2.35. The van der Waals surface area contributed by atoms with Gasteiger partial charge >= 0.3 is 0 Å². The fourth-order valence-corrected chi connectivity index (χ4v) is 4.26. The van der Waals surface area contributed by atoms with Crippen LogP contribution in [0.1, 0.15) is 30.3 Å². The maximum absolute atomic E-state index is 7.74. The first kappa shape index (κ1) is 23.1. The van der Waals surface area contributed by atoms with Crippen LogP contribution < -0.4 is 10.5 Å². The van der Waals surface area contributed by atoms with Gasteiger partial charge in [0.2, 0.25) is 11.7 Å². The first-order valence-electron chi connectivity index (χ1n) is 10.4. The van der Waals surface area contributed by atoms with Crippen LogP contribution in [-0.2, 0) is 6.61 Å². The van der Waals surface area contributed by atoms with Gasteiger partial charge in [0.15, 0.2) is 5.96 Å². The van der Waals surface area contributed by atoms with E-state index in [1.54, 1.807) is 4.90 Å². The summed E-state index contributed by atoms with van der Waals surface area (Å²) in [6, 6.07) is 20.1. The molecule has 0 unspecified atom stereocenters. The van der Waals surface area contributed by atoms with Crippen molar-refractivity contribution in [2.24, 2.45) is 5.73 Å². The van der Waals surface area contributed by atoms with Gasteiger partial charge in [-0.2, -0.15) is 4.98 Å². The van der Waals surface area contributed by atoms with Crippen molar-refractivity contribution in [2.75, 3.05) is 6.54 Å². The smallest absolute Gasteiger partial charge is 0.249 e. The topological polar surface area (TPSA) is 101 Å². The van der Waals surface area contributed by atoms with Crippen molar-refractivity contribution in [1.82, 2.24) is 15.0 Å². The summed E-state index contributed by atoms with van der Waals surface area (Å²) in [5.74, 6) is 1.90. The van der Waals surface area contributed by atoms with Gasteiger partial charge in [-0.25, -0.2) is 0 Å². The minimum absolute atomic E-state index is 0. The second kappa shape index (κ2) is 9.80. The molecule has 3 aromatic carbocycles. The molecular formula is C24H23BrClN5O2. The Morgan fingerprint density at radius 2 is 1.88 bits per heavy atom. The van der Waals surface area contributed by atoms with Crippen LogP contribution in [0.5, 0.6) is 5.75 Å². The van der Waals surface area contributed by atoms with E-state index in [2.05, 4.69) is 26.1 Å². The molecule has 2 heterocycles. The molecule has 0 spiro atoms. The maximum Gasteiger partial charge on any atom is 0.249 e. The van der Waals surface area contributed by atoms with Gasteiger partial charge in [0.05, 0.1) is 0 Å². The van der Waals surface area contributed by atoms with E-state index in [1.807, 2.05) is 60.7 Å². The predicted molar refractivity (Wildman–Crippen MR) is 134 cm³/mol. The van der Waals surface area contributed by atoms with Gasteiger partial charge in [-0.15, -0.1) is 12.4 Å². The third-order valence-corrected chi connectivity index (χ3v) is 6.21. The van der Waals surface area contributed by atoms with Crippen LogP contribution in [0, 0.1) is 5.41 Å². The highest BCUT2D eigenvalue weighted by Crippen LogP contribution is 2.32. The van der Waals surface area contributed by atoms with Gasteiger partial charge in [0.25, 0.3) is 0 Å². The van der Waals surface area contributed by atoms with Crippen molar-refractivity contribution in [1.29, 1.82) is 5.41 Å². The summed E-state index contributed by atoms with van der Waals surface area (Å²) in [7, 11) is 0. The molecule has 5 rings (SSSR count). The van der Waals surface area contributed by atoms with Gasteiger partial charge in [0.1, 0.15) is 18.4 Å². The third-order valence-electron chi connectivity index (χ3n) is 5.68. The summed E-state index contributed by atoms with van der Waals surface area (Å²) < 4.78 is 12.5. The van der Waals surface area contributed by atoms with Crippen molar-refractivity contribution >= 4 is 45.1 Å². The van der Waals surface area contributed by atoms with E-state index in [0.717, 1.165) is 51.5 Å². The lowest BCUT2D eigenvalue weighted by atomic mass is 10.1. The summed E-state index contributed by atoms with van der Waals surface area (Å²) >= 11 is 3.45. The highest BCUT2D eigenvalue weighted by Gasteiger charge is 2.31. The summed E-state index contributed by atoms with van der Waals surface area (Å²) in [5, 5.41) is 14.0. The molecule has 7 nitrogen and oxygen atoms in total. The molecule has 1 fully saturated rings. The summed E-state index contributed by atoms with van der Waals surface area (Å²) in [6.45, 7) is 1.25. The summed E-state index contributed by atoms with van der Waals surface area (Å²) in [4.78, 5) is 6.39. The maximum atomic E-state index is 7.74. The molecule has 170 valence electrons. The molecule has 4 aromatic rings. The quantitative estimate of drug-likeness (QED) is 0.255. The van der Waals surface area contributed by atoms with Crippen molar-refractivity contribution in [3.05, 3.63) is 76.6 Å². The molecule has 1 aliphatic heterocycles. The second-order valence-electron chi connectivity index (χ2n) is 7.83. The summed E-state index contributed by atoms with van der Waals surface area (Å²) in [6.07, 6.45) is 1.80. The van der Waals surface area contributed by atoms with E-state index in [0.29, 0.717) is 18.3 Å². The molecule has 3 N–H and O–H groups in total. The second-order valence-corrected chi connectivity index (χ2v) is 8.75. The lowest BCUT2D eigenvalue weighted by Gasteiger charge is -2.21. The molecular weight excluding hydrogens is 506 g/mol. The number of ether oxygens (including phenoxy) is 1. The number of guanidine groups is 1. The Labute approximate surface area is 206 Å². The number of halogens is 2. The molecule has 0 amide bonds. The van der Waals surface area contributed by atoms with Crippen molar-refractivity contribution in [3.63, 3.8) is 0 Å². The SMILES string of the molecule is Cl.N=C(N)N1CCC[C@H]1c1nc(-c2ccc3cc(OCc4ccc(Br)cc4)ccc3c2)no1. The molecule has 0 aliphatic carbocycles. The number of nitrogens with zero attached hydrogens (tertiary/aromatic N) is 3. The molecule has 1 aliphatic rings. The normalized spacial score (nSPS) is 15.4. The van der Waals surface area contributed by atoms with Crippen molar-refractivity contribution in [3.8, 4) is 17.1 Å². The van der Waals surface area contributed by atoms with E-state index in [9.17, 15) is 0 Å². The van der Waals surface area contributed by atoms with Gasteiger partial charge in [-0.05, 0) is 59.5 Å². The number of likely N-dealkylation sites (tertiary alicyclic amines) is 1. The van der Waals surface area contributed by atoms with Crippen LogP contribution in [0.2, 0.25) is 0 Å². The number of hydrogen-bond acceptors (Lipinski definition) is 5. The lowest BCUT2D eigenvalue weighted by molar-refractivity contribution is 0.283. The number of fused-ring (bicyclic) bond motifs is 1. The van der Waals surface area contributed by atoms with Gasteiger partial charge in [-0.1, -0.05) is 51.4 Å². The number of aromatic nitrogens is 2. The van der Waals surface area contributed by atoms with E-state index in [1.165, 1.54) is 0 Å². The molecule has 0 radical (unpaired) electrons. The molecule has 9 heteroatoms. The Balaban J connectivity index is 0.00000259. The molecule has 33 heavy (non-hydrogen) atoms. The molecule has 1 atom stereocenters. The Bertz CT molecular complexity index is 1280. The van der Waals surface area contributed by atoms with Gasteiger partial charge in [-0.3, -0.25) is 5.41 Å². The monoisotopic (exact) mass is 527 g/mol. The minimum Gasteiger partial charge on any atom is -0.489 e. The largest absolute Gasteiger partial charge is 0.489 e. The van der Waals surface area contributed by atoms with E-state index >= 15 is 0 Å².